The number of furan rings is 2. The van der Waals surface area contributed by atoms with E-state index in [9.17, 15) is 0 Å². The second kappa shape index (κ2) is 11.5. The Balaban J connectivity index is 1.13. The summed E-state index contributed by atoms with van der Waals surface area (Å²) in [6, 6.07) is 56.2. The third-order valence-corrected chi connectivity index (χ3v) is 9.58. The third kappa shape index (κ3) is 4.63. The molecule has 3 heterocycles. The number of rotatable bonds is 5. The van der Waals surface area contributed by atoms with E-state index in [1.165, 1.54) is 5.56 Å². The van der Waals surface area contributed by atoms with Gasteiger partial charge in [-0.1, -0.05) is 152 Å². The summed E-state index contributed by atoms with van der Waals surface area (Å²) < 4.78 is 13.2. The van der Waals surface area contributed by atoms with Crippen LogP contribution in [0.3, 0.4) is 0 Å². The summed E-state index contributed by atoms with van der Waals surface area (Å²) in [7, 11) is 0. The predicted octanol–water partition coefficient (Wildman–Crippen LogP) is 11.3. The second-order valence-corrected chi connectivity index (χ2v) is 12.5. The molecule has 0 aliphatic carbocycles. The first-order chi connectivity index (χ1) is 24.8. The Morgan fingerprint density at radius 2 is 0.900 bits per heavy atom. The Labute approximate surface area is 287 Å². The lowest BCUT2D eigenvalue weighted by molar-refractivity contribution is 0.664. The van der Waals surface area contributed by atoms with E-state index in [4.69, 9.17) is 18.8 Å². The molecule has 7 aromatic carbocycles. The van der Waals surface area contributed by atoms with Crippen molar-refractivity contribution in [1.82, 2.24) is 5.32 Å². The van der Waals surface area contributed by atoms with E-state index in [0.717, 1.165) is 88.9 Å². The summed E-state index contributed by atoms with van der Waals surface area (Å²) in [5.41, 5.74) is 10.6. The van der Waals surface area contributed by atoms with Crippen LogP contribution in [0.4, 0.5) is 0 Å². The minimum atomic E-state index is -0.498. The van der Waals surface area contributed by atoms with Crippen LogP contribution >= 0.6 is 0 Å². The normalized spacial score (nSPS) is 14.6. The minimum absolute atomic E-state index is 0.498. The molecular formula is C45H29N3O2. The first-order valence-corrected chi connectivity index (χ1v) is 16.8. The summed E-state index contributed by atoms with van der Waals surface area (Å²) in [5.74, 6) is 1.54. The fraction of sp³-hybridized carbons (Fsp3) is 0.0222. The number of aliphatic imine (C=N–C) groups is 2. The SMILES string of the molecule is c1ccc(C2=NC(c3cccc4oc5c(-c6cccc7c6oc6ccccc67)cccc5c34)N=C(c3ccc(-c4ccccc4)cc3)N2)cc1. The lowest BCUT2D eigenvalue weighted by Crippen LogP contribution is -2.36. The molecule has 0 saturated heterocycles. The van der Waals surface area contributed by atoms with Gasteiger partial charge >= 0.3 is 0 Å². The van der Waals surface area contributed by atoms with Crippen molar-refractivity contribution in [2.45, 2.75) is 6.17 Å². The lowest BCUT2D eigenvalue weighted by atomic mass is 9.98. The van der Waals surface area contributed by atoms with Gasteiger partial charge in [0.15, 0.2) is 6.17 Å². The molecule has 1 N–H and O–H groups in total. The van der Waals surface area contributed by atoms with Crippen LogP contribution in [-0.2, 0) is 0 Å². The summed E-state index contributed by atoms with van der Waals surface area (Å²) in [6.07, 6.45) is -0.498. The minimum Gasteiger partial charge on any atom is -0.455 e. The number of para-hydroxylation sites is 3. The molecular weight excluding hydrogens is 615 g/mol. The summed E-state index contributed by atoms with van der Waals surface area (Å²) in [6.45, 7) is 0. The molecule has 1 aliphatic rings. The van der Waals surface area contributed by atoms with Crippen LogP contribution in [0.15, 0.2) is 183 Å². The Kier molecular flexibility index (Phi) is 6.49. The predicted molar refractivity (Wildman–Crippen MR) is 204 cm³/mol. The van der Waals surface area contributed by atoms with E-state index < -0.39 is 6.17 Å². The number of hydrogen-bond donors (Lipinski definition) is 1. The van der Waals surface area contributed by atoms with Gasteiger partial charge in [0.1, 0.15) is 34.0 Å². The number of benzene rings is 7. The Bertz CT molecular complexity index is 2770. The van der Waals surface area contributed by atoms with Crippen LogP contribution in [0.2, 0.25) is 0 Å². The van der Waals surface area contributed by atoms with Gasteiger partial charge in [0.25, 0.3) is 0 Å². The number of amidine groups is 2. The van der Waals surface area contributed by atoms with E-state index in [2.05, 4.69) is 115 Å². The summed E-state index contributed by atoms with van der Waals surface area (Å²) in [4.78, 5) is 10.5. The average molecular weight is 644 g/mol. The first kappa shape index (κ1) is 28.3. The van der Waals surface area contributed by atoms with Crippen molar-refractivity contribution in [3.8, 4) is 22.3 Å². The smallest absolute Gasteiger partial charge is 0.170 e. The molecule has 2 aromatic heterocycles. The summed E-state index contributed by atoms with van der Waals surface area (Å²) in [5, 5.41) is 7.76. The second-order valence-electron chi connectivity index (χ2n) is 12.5. The van der Waals surface area contributed by atoms with Crippen molar-refractivity contribution in [2.75, 3.05) is 0 Å². The van der Waals surface area contributed by atoms with Crippen LogP contribution in [-0.4, -0.2) is 11.7 Å². The zero-order valence-corrected chi connectivity index (χ0v) is 26.9. The highest BCUT2D eigenvalue weighted by Crippen LogP contribution is 2.43. The van der Waals surface area contributed by atoms with Gasteiger partial charge in [-0.15, -0.1) is 0 Å². The number of fused-ring (bicyclic) bond motifs is 6. The largest absolute Gasteiger partial charge is 0.455 e. The maximum absolute atomic E-state index is 6.72. The van der Waals surface area contributed by atoms with E-state index in [1.54, 1.807) is 0 Å². The van der Waals surface area contributed by atoms with Gasteiger partial charge in [-0.25, -0.2) is 9.98 Å². The van der Waals surface area contributed by atoms with Crippen LogP contribution in [0.25, 0.3) is 66.1 Å². The van der Waals surface area contributed by atoms with Crippen molar-refractivity contribution >= 4 is 55.5 Å². The van der Waals surface area contributed by atoms with Crippen molar-refractivity contribution in [1.29, 1.82) is 0 Å². The van der Waals surface area contributed by atoms with Gasteiger partial charge in [-0.2, -0.15) is 0 Å². The number of nitrogens with one attached hydrogen (secondary N) is 1. The van der Waals surface area contributed by atoms with Crippen LogP contribution in [0.5, 0.6) is 0 Å². The van der Waals surface area contributed by atoms with E-state index in [-0.39, 0.29) is 0 Å². The van der Waals surface area contributed by atoms with Crippen LogP contribution < -0.4 is 5.32 Å². The van der Waals surface area contributed by atoms with E-state index in [1.807, 2.05) is 54.6 Å². The van der Waals surface area contributed by atoms with Crippen molar-refractivity contribution in [3.05, 3.63) is 180 Å². The van der Waals surface area contributed by atoms with Gasteiger partial charge in [-0.05, 0) is 23.3 Å². The topological polar surface area (TPSA) is 63.0 Å². The average Bonchev–Trinajstić information content (AvgIpc) is 3.77. The highest BCUT2D eigenvalue weighted by atomic mass is 16.3. The molecule has 0 amide bonds. The van der Waals surface area contributed by atoms with Crippen molar-refractivity contribution in [3.63, 3.8) is 0 Å². The maximum atomic E-state index is 6.72. The van der Waals surface area contributed by atoms with Gasteiger partial charge in [0.2, 0.25) is 0 Å². The van der Waals surface area contributed by atoms with Crippen molar-refractivity contribution in [2.24, 2.45) is 9.98 Å². The standard InChI is InChI=1S/C45H29N3O2/c1-3-12-28(13-4-1)29-24-26-31(27-25-29)44-46-43(30-14-5-2-6-15-30)47-45(48-44)37-21-11-23-39-40(37)36-20-10-19-35(42(36)50-39)34-18-9-17-33-32-16-7-8-22-38(32)49-41(33)34/h1-27,45H,(H,46,47,48). The van der Waals surface area contributed by atoms with Gasteiger partial charge < -0.3 is 14.2 Å². The molecule has 5 heteroatoms. The molecule has 0 spiro atoms. The van der Waals surface area contributed by atoms with Crippen molar-refractivity contribution < 1.29 is 8.83 Å². The molecule has 0 saturated carbocycles. The molecule has 236 valence electrons. The molecule has 10 rings (SSSR count). The highest BCUT2D eigenvalue weighted by Gasteiger charge is 2.25. The zero-order valence-electron chi connectivity index (χ0n) is 26.9. The molecule has 0 bridgehead atoms. The van der Waals surface area contributed by atoms with E-state index in [0.29, 0.717) is 0 Å². The lowest BCUT2D eigenvalue weighted by Gasteiger charge is -2.23. The molecule has 9 aromatic rings. The molecule has 1 aliphatic heterocycles. The fourth-order valence-electron chi connectivity index (χ4n) is 7.19. The number of nitrogens with zero attached hydrogens (tertiary/aromatic N) is 2. The molecule has 50 heavy (non-hydrogen) atoms. The molecule has 1 unspecified atom stereocenters. The van der Waals surface area contributed by atoms with Gasteiger partial charge in [0.05, 0.1) is 0 Å². The van der Waals surface area contributed by atoms with Crippen LogP contribution in [0.1, 0.15) is 22.9 Å². The highest BCUT2D eigenvalue weighted by molar-refractivity contribution is 6.18. The summed E-state index contributed by atoms with van der Waals surface area (Å²) >= 11 is 0. The Morgan fingerprint density at radius 1 is 0.400 bits per heavy atom. The maximum Gasteiger partial charge on any atom is 0.170 e. The fourth-order valence-corrected chi connectivity index (χ4v) is 7.19. The first-order valence-electron chi connectivity index (χ1n) is 16.8. The zero-order chi connectivity index (χ0) is 33.0. The Hall–Kier alpha value is -6.72. The Morgan fingerprint density at radius 3 is 1.64 bits per heavy atom. The van der Waals surface area contributed by atoms with E-state index >= 15 is 0 Å². The monoisotopic (exact) mass is 643 g/mol. The molecule has 0 radical (unpaired) electrons. The molecule has 1 atom stereocenters. The van der Waals surface area contributed by atoms with Gasteiger partial charge in [0, 0.05) is 49.4 Å². The molecule has 5 nitrogen and oxygen atoms in total. The van der Waals surface area contributed by atoms with Crippen LogP contribution in [0, 0.1) is 0 Å². The molecule has 0 fully saturated rings. The quantitative estimate of drug-likeness (QED) is 0.203. The number of hydrogen-bond acceptors (Lipinski definition) is 5. The third-order valence-electron chi connectivity index (χ3n) is 9.58. The van der Waals surface area contributed by atoms with Gasteiger partial charge in [-0.3, -0.25) is 0 Å².